The van der Waals surface area contributed by atoms with E-state index in [4.69, 9.17) is 0 Å². The van der Waals surface area contributed by atoms with Gasteiger partial charge in [0.2, 0.25) is 5.88 Å². The van der Waals surface area contributed by atoms with Crippen LogP contribution in [0, 0.1) is 0 Å². The van der Waals surface area contributed by atoms with Gasteiger partial charge in [-0.15, -0.1) is 0 Å². The third-order valence-electron chi connectivity index (χ3n) is 5.97. The molecule has 2 aromatic rings. The van der Waals surface area contributed by atoms with Gasteiger partial charge in [0.1, 0.15) is 5.56 Å². The molecule has 1 saturated carbocycles. The Morgan fingerprint density at radius 1 is 1.14 bits per heavy atom. The largest absolute Gasteiger partial charge is 0.494 e. The Morgan fingerprint density at radius 2 is 1.93 bits per heavy atom. The van der Waals surface area contributed by atoms with Crippen LogP contribution in [0.5, 0.6) is 5.88 Å². The number of rotatable bonds is 4. The summed E-state index contributed by atoms with van der Waals surface area (Å²) >= 11 is 0. The van der Waals surface area contributed by atoms with Crippen molar-refractivity contribution in [3.05, 3.63) is 56.5 Å². The van der Waals surface area contributed by atoms with Crippen molar-refractivity contribution in [2.75, 3.05) is 6.54 Å². The second-order valence-corrected chi connectivity index (χ2v) is 7.86. The van der Waals surface area contributed by atoms with Gasteiger partial charge in [-0.2, -0.15) is 5.10 Å². The molecule has 154 valence electrons. The van der Waals surface area contributed by atoms with Gasteiger partial charge in [-0.3, -0.25) is 24.3 Å². The lowest BCUT2D eigenvalue weighted by Crippen LogP contribution is -2.35. The zero-order valence-electron chi connectivity index (χ0n) is 16.5. The van der Waals surface area contributed by atoms with Crippen molar-refractivity contribution in [2.45, 2.75) is 63.5 Å². The molecule has 0 amide bonds. The molecule has 1 aliphatic heterocycles. The molecular weight excluding hydrogens is 370 g/mol. The highest BCUT2D eigenvalue weighted by Crippen LogP contribution is 2.31. The summed E-state index contributed by atoms with van der Waals surface area (Å²) in [6, 6.07) is 3.93. The first-order chi connectivity index (χ1) is 14.1. The normalized spacial score (nSPS) is 21.0. The minimum absolute atomic E-state index is 0.0330. The maximum absolute atomic E-state index is 12.4. The van der Waals surface area contributed by atoms with Crippen LogP contribution in [0.3, 0.4) is 0 Å². The van der Waals surface area contributed by atoms with Crippen LogP contribution in [0.15, 0.2) is 39.2 Å². The average Bonchev–Trinajstić information content (AvgIpc) is 2.75. The molecule has 1 aliphatic carbocycles. The van der Waals surface area contributed by atoms with Gasteiger partial charge in [0.25, 0.3) is 5.56 Å². The second kappa shape index (κ2) is 8.63. The fraction of sp³-hybridized carbons (Fsp3) is 0.524. The lowest BCUT2D eigenvalue weighted by Gasteiger charge is -2.33. The van der Waals surface area contributed by atoms with Crippen LogP contribution in [-0.2, 0) is 0 Å². The Balaban J connectivity index is 1.65. The van der Waals surface area contributed by atoms with E-state index in [0.29, 0.717) is 0 Å². The molecule has 3 heterocycles. The SMILES string of the molecule is O=c1[nH]c(=O)n(C2CCCCC2)c(O)c1/C=N/N1CCCC[C@H]1c1cccnc1. The predicted octanol–water partition coefficient (Wildman–Crippen LogP) is 2.70. The first kappa shape index (κ1) is 19.4. The van der Waals surface area contributed by atoms with E-state index in [1.54, 1.807) is 6.20 Å². The summed E-state index contributed by atoms with van der Waals surface area (Å²) < 4.78 is 1.33. The summed E-state index contributed by atoms with van der Waals surface area (Å²) in [4.78, 5) is 31.3. The minimum atomic E-state index is -0.613. The molecule has 0 aromatic carbocycles. The van der Waals surface area contributed by atoms with Crippen LogP contribution in [0.25, 0.3) is 0 Å². The van der Waals surface area contributed by atoms with E-state index in [-0.39, 0.29) is 23.5 Å². The lowest BCUT2D eigenvalue weighted by molar-refractivity contribution is 0.156. The van der Waals surface area contributed by atoms with E-state index >= 15 is 0 Å². The molecule has 2 aromatic heterocycles. The standard InChI is InChI=1S/C21H27N5O3/c27-19-17(20(28)26(21(29)24-19)16-8-2-1-3-9-16)14-23-25-12-5-4-10-18(25)15-7-6-11-22-13-15/h6-7,11,13-14,16,18,28H,1-5,8-10,12H2,(H,24,27,29)/b23-14+/t18-/m0/s1. The molecule has 2 N–H and O–H groups in total. The molecule has 2 aliphatic rings. The summed E-state index contributed by atoms with van der Waals surface area (Å²) in [5.74, 6) is -0.288. The molecule has 8 heteroatoms. The highest BCUT2D eigenvalue weighted by molar-refractivity contribution is 5.81. The number of aromatic hydroxyl groups is 1. The van der Waals surface area contributed by atoms with Crippen molar-refractivity contribution in [3.8, 4) is 5.88 Å². The number of hydrogen-bond donors (Lipinski definition) is 2. The summed E-state index contributed by atoms with van der Waals surface area (Å²) in [6.07, 6.45) is 12.8. The van der Waals surface area contributed by atoms with Crippen LogP contribution < -0.4 is 11.2 Å². The Hall–Kier alpha value is -2.90. The monoisotopic (exact) mass is 397 g/mol. The smallest absolute Gasteiger partial charge is 0.331 e. The summed E-state index contributed by atoms with van der Waals surface area (Å²) in [7, 11) is 0. The number of nitrogens with zero attached hydrogens (tertiary/aromatic N) is 4. The third-order valence-corrected chi connectivity index (χ3v) is 5.97. The van der Waals surface area contributed by atoms with Crippen molar-refractivity contribution in [2.24, 2.45) is 5.10 Å². The number of nitrogens with one attached hydrogen (secondary N) is 1. The molecule has 8 nitrogen and oxygen atoms in total. The molecule has 2 fully saturated rings. The van der Waals surface area contributed by atoms with Crippen LogP contribution >= 0.6 is 0 Å². The van der Waals surface area contributed by atoms with E-state index in [0.717, 1.165) is 63.5 Å². The van der Waals surface area contributed by atoms with Gasteiger partial charge in [0.05, 0.1) is 12.3 Å². The van der Waals surface area contributed by atoms with Crippen molar-refractivity contribution in [3.63, 3.8) is 0 Å². The van der Waals surface area contributed by atoms with Crippen molar-refractivity contribution >= 4 is 6.21 Å². The van der Waals surface area contributed by atoms with Gasteiger partial charge in [-0.25, -0.2) is 4.79 Å². The first-order valence-electron chi connectivity index (χ1n) is 10.4. The van der Waals surface area contributed by atoms with Crippen molar-refractivity contribution in [1.82, 2.24) is 19.5 Å². The van der Waals surface area contributed by atoms with Gasteiger partial charge in [-0.1, -0.05) is 25.3 Å². The average molecular weight is 397 g/mol. The maximum Gasteiger partial charge on any atom is 0.331 e. The second-order valence-electron chi connectivity index (χ2n) is 7.86. The summed E-state index contributed by atoms with van der Waals surface area (Å²) in [6.45, 7) is 0.761. The van der Waals surface area contributed by atoms with Crippen LogP contribution in [0.4, 0.5) is 0 Å². The van der Waals surface area contributed by atoms with E-state index in [2.05, 4.69) is 15.1 Å². The number of aromatic amines is 1. The number of aromatic nitrogens is 3. The lowest BCUT2D eigenvalue weighted by atomic mass is 9.95. The van der Waals surface area contributed by atoms with Gasteiger partial charge in [0, 0.05) is 25.0 Å². The minimum Gasteiger partial charge on any atom is -0.494 e. The summed E-state index contributed by atoms with van der Waals surface area (Å²) in [5.41, 5.74) is -0.0543. The van der Waals surface area contributed by atoms with Crippen LogP contribution in [-0.4, -0.2) is 37.4 Å². The van der Waals surface area contributed by atoms with Crippen molar-refractivity contribution < 1.29 is 5.11 Å². The topological polar surface area (TPSA) is 104 Å². The number of hydrogen-bond acceptors (Lipinski definition) is 6. The maximum atomic E-state index is 12.4. The van der Waals surface area contributed by atoms with Crippen LogP contribution in [0.1, 0.15) is 74.6 Å². The Kier molecular flexibility index (Phi) is 5.78. The van der Waals surface area contributed by atoms with E-state index in [1.165, 1.54) is 10.8 Å². The van der Waals surface area contributed by atoms with Crippen molar-refractivity contribution in [1.29, 1.82) is 0 Å². The zero-order valence-corrected chi connectivity index (χ0v) is 16.5. The Morgan fingerprint density at radius 3 is 2.69 bits per heavy atom. The molecule has 0 spiro atoms. The third kappa shape index (κ3) is 4.11. The number of hydrazone groups is 1. The molecule has 4 rings (SSSR count). The van der Waals surface area contributed by atoms with E-state index < -0.39 is 11.2 Å². The molecule has 1 saturated heterocycles. The zero-order chi connectivity index (χ0) is 20.2. The first-order valence-corrected chi connectivity index (χ1v) is 10.4. The van der Waals surface area contributed by atoms with Gasteiger partial charge >= 0.3 is 5.69 Å². The molecule has 0 bridgehead atoms. The van der Waals surface area contributed by atoms with Crippen LogP contribution in [0.2, 0.25) is 0 Å². The predicted molar refractivity (Wildman–Crippen MR) is 110 cm³/mol. The van der Waals surface area contributed by atoms with Gasteiger partial charge < -0.3 is 5.11 Å². The number of pyridine rings is 1. The Bertz CT molecular complexity index is 976. The number of H-pyrrole nitrogens is 1. The fourth-order valence-corrected chi connectivity index (χ4v) is 4.44. The highest BCUT2D eigenvalue weighted by Gasteiger charge is 2.25. The Labute approximate surface area is 168 Å². The molecule has 1 atom stereocenters. The molecule has 29 heavy (non-hydrogen) atoms. The number of piperidine rings is 1. The fourth-order valence-electron chi connectivity index (χ4n) is 4.44. The van der Waals surface area contributed by atoms with E-state index in [9.17, 15) is 14.7 Å². The van der Waals surface area contributed by atoms with Gasteiger partial charge in [-0.05, 0) is 43.7 Å². The summed E-state index contributed by atoms with van der Waals surface area (Å²) in [5, 5.41) is 17.2. The highest BCUT2D eigenvalue weighted by atomic mass is 16.3. The van der Waals surface area contributed by atoms with E-state index in [1.807, 2.05) is 23.3 Å². The molecule has 0 unspecified atom stereocenters. The quantitative estimate of drug-likeness (QED) is 0.772. The molecular formula is C21H27N5O3. The van der Waals surface area contributed by atoms with Gasteiger partial charge in [0.15, 0.2) is 0 Å². The molecule has 0 radical (unpaired) electrons.